The summed E-state index contributed by atoms with van der Waals surface area (Å²) in [5, 5.41) is 0.772. The van der Waals surface area contributed by atoms with E-state index in [1.165, 1.54) is 18.2 Å². The molecule has 2 aromatic rings. The fourth-order valence-corrected chi connectivity index (χ4v) is 2.10. The molecule has 94 valence electrons. The summed E-state index contributed by atoms with van der Waals surface area (Å²) in [5.41, 5.74) is 0.614. The zero-order valence-electron chi connectivity index (χ0n) is 9.29. The number of nitrogens with zero attached hydrogens (tertiary/aromatic N) is 2. The van der Waals surface area contributed by atoms with Gasteiger partial charge in [0.1, 0.15) is 11.0 Å². The molecule has 0 atom stereocenters. The lowest BCUT2D eigenvalue weighted by molar-refractivity contribution is 0.628. The van der Waals surface area contributed by atoms with Crippen LogP contribution >= 0.6 is 34.8 Å². The standard InChI is InChI=1S/C12H8Cl3FN2/c1-18(8-4-2-3-7(16)5-8)12-10(14)6-9(13)11(15)17-12/h2-6H,1H3. The van der Waals surface area contributed by atoms with E-state index in [0.29, 0.717) is 16.5 Å². The van der Waals surface area contributed by atoms with E-state index in [2.05, 4.69) is 4.98 Å². The summed E-state index contributed by atoms with van der Waals surface area (Å²) in [7, 11) is 1.72. The van der Waals surface area contributed by atoms with Gasteiger partial charge in [-0.05, 0) is 24.3 Å². The van der Waals surface area contributed by atoms with Crippen molar-refractivity contribution in [2.45, 2.75) is 0 Å². The van der Waals surface area contributed by atoms with Crippen molar-refractivity contribution in [2.75, 3.05) is 11.9 Å². The number of rotatable bonds is 2. The predicted octanol–water partition coefficient (Wildman–Crippen LogP) is 4.95. The Morgan fingerprint density at radius 2 is 1.83 bits per heavy atom. The molecule has 0 saturated heterocycles. The minimum atomic E-state index is -0.337. The molecule has 0 fully saturated rings. The van der Waals surface area contributed by atoms with Crippen molar-refractivity contribution in [3.8, 4) is 0 Å². The Bertz CT molecular complexity index is 590. The first-order chi connectivity index (χ1) is 8.49. The number of halogens is 4. The van der Waals surface area contributed by atoms with Crippen LogP contribution in [0, 0.1) is 5.82 Å². The van der Waals surface area contributed by atoms with Crippen LogP contribution in [-0.2, 0) is 0 Å². The lowest BCUT2D eigenvalue weighted by Gasteiger charge is -2.20. The Balaban J connectivity index is 2.46. The highest BCUT2D eigenvalue weighted by molar-refractivity contribution is 6.43. The summed E-state index contributed by atoms with van der Waals surface area (Å²) in [5.74, 6) is 0.0761. The van der Waals surface area contributed by atoms with Crippen LogP contribution in [0.3, 0.4) is 0 Å². The molecule has 0 radical (unpaired) electrons. The highest BCUT2D eigenvalue weighted by atomic mass is 35.5. The van der Waals surface area contributed by atoms with E-state index >= 15 is 0 Å². The van der Waals surface area contributed by atoms with Gasteiger partial charge in [-0.2, -0.15) is 0 Å². The van der Waals surface area contributed by atoms with E-state index in [4.69, 9.17) is 34.8 Å². The Morgan fingerprint density at radius 1 is 1.11 bits per heavy atom. The summed E-state index contributed by atoms with van der Waals surface area (Å²) in [4.78, 5) is 5.72. The van der Waals surface area contributed by atoms with Crippen molar-refractivity contribution >= 4 is 46.3 Å². The molecular formula is C12H8Cl3FN2. The van der Waals surface area contributed by atoms with E-state index in [9.17, 15) is 4.39 Å². The lowest BCUT2D eigenvalue weighted by atomic mass is 10.3. The molecular weight excluding hydrogens is 298 g/mol. The Kier molecular flexibility index (Phi) is 3.95. The van der Waals surface area contributed by atoms with E-state index < -0.39 is 0 Å². The van der Waals surface area contributed by atoms with Crippen LogP contribution in [0.4, 0.5) is 15.9 Å². The molecule has 1 aromatic carbocycles. The van der Waals surface area contributed by atoms with Gasteiger partial charge < -0.3 is 4.90 Å². The first kappa shape index (κ1) is 13.4. The molecule has 18 heavy (non-hydrogen) atoms. The van der Waals surface area contributed by atoms with E-state index in [0.717, 1.165) is 0 Å². The first-order valence-electron chi connectivity index (χ1n) is 5.00. The molecule has 1 aromatic heterocycles. The molecule has 1 heterocycles. The van der Waals surface area contributed by atoms with Crippen LogP contribution in [0.15, 0.2) is 30.3 Å². The second-order valence-electron chi connectivity index (χ2n) is 3.61. The van der Waals surface area contributed by atoms with Crippen molar-refractivity contribution in [1.29, 1.82) is 0 Å². The zero-order valence-corrected chi connectivity index (χ0v) is 11.6. The van der Waals surface area contributed by atoms with Crippen molar-refractivity contribution in [1.82, 2.24) is 4.98 Å². The normalized spacial score (nSPS) is 10.5. The van der Waals surface area contributed by atoms with Crippen molar-refractivity contribution in [3.63, 3.8) is 0 Å². The molecule has 0 unspecified atom stereocenters. The summed E-state index contributed by atoms with van der Waals surface area (Å²) >= 11 is 17.7. The minimum absolute atomic E-state index is 0.152. The first-order valence-corrected chi connectivity index (χ1v) is 6.13. The van der Waals surface area contributed by atoms with Crippen molar-refractivity contribution in [3.05, 3.63) is 51.3 Å². The molecule has 2 rings (SSSR count). The second kappa shape index (κ2) is 5.31. The number of hydrogen-bond donors (Lipinski definition) is 0. The average Bonchev–Trinajstić information content (AvgIpc) is 2.33. The van der Waals surface area contributed by atoms with Crippen LogP contribution in [0.5, 0.6) is 0 Å². The molecule has 0 aliphatic rings. The molecule has 0 spiro atoms. The molecule has 0 N–H and O–H groups in total. The van der Waals surface area contributed by atoms with Crippen molar-refractivity contribution in [2.24, 2.45) is 0 Å². The van der Waals surface area contributed by atoms with Gasteiger partial charge in [0.2, 0.25) is 0 Å². The second-order valence-corrected chi connectivity index (χ2v) is 4.78. The van der Waals surface area contributed by atoms with Crippen LogP contribution in [0.25, 0.3) is 0 Å². The van der Waals surface area contributed by atoms with Gasteiger partial charge in [-0.3, -0.25) is 0 Å². The molecule has 0 aliphatic heterocycles. The molecule has 6 heteroatoms. The molecule has 2 nitrogen and oxygen atoms in total. The summed E-state index contributed by atoms with van der Waals surface area (Å²) < 4.78 is 13.2. The van der Waals surface area contributed by atoms with Crippen molar-refractivity contribution < 1.29 is 4.39 Å². The zero-order chi connectivity index (χ0) is 13.3. The minimum Gasteiger partial charge on any atom is -0.328 e. The van der Waals surface area contributed by atoms with E-state index in [1.807, 2.05) is 0 Å². The van der Waals surface area contributed by atoms with Crippen LogP contribution in [-0.4, -0.2) is 12.0 Å². The lowest BCUT2D eigenvalue weighted by Crippen LogP contribution is -2.12. The van der Waals surface area contributed by atoms with Gasteiger partial charge in [0.25, 0.3) is 0 Å². The van der Waals surface area contributed by atoms with Gasteiger partial charge in [-0.1, -0.05) is 40.9 Å². The van der Waals surface area contributed by atoms with Gasteiger partial charge in [-0.15, -0.1) is 0 Å². The Hall–Kier alpha value is -1.03. The summed E-state index contributed by atoms with van der Waals surface area (Å²) in [6.07, 6.45) is 0. The monoisotopic (exact) mass is 304 g/mol. The fourth-order valence-electron chi connectivity index (χ4n) is 1.48. The number of aromatic nitrogens is 1. The fraction of sp³-hybridized carbons (Fsp3) is 0.0833. The molecule has 0 saturated carbocycles. The largest absolute Gasteiger partial charge is 0.328 e. The molecule has 0 amide bonds. The maximum absolute atomic E-state index is 13.2. The summed E-state index contributed by atoms with van der Waals surface area (Å²) in [6.45, 7) is 0. The van der Waals surface area contributed by atoms with Crippen LogP contribution in [0.2, 0.25) is 15.2 Å². The maximum atomic E-state index is 13.2. The van der Waals surface area contributed by atoms with Gasteiger partial charge >= 0.3 is 0 Å². The topological polar surface area (TPSA) is 16.1 Å². The van der Waals surface area contributed by atoms with Gasteiger partial charge in [0.15, 0.2) is 5.82 Å². The molecule has 0 aliphatic carbocycles. The third-order valence-electron chi connectivity index (χ3n) is 2.38. The maximum Gasteiger partial charge on any atom is 0.153 e. The highest BCUT2D eigenvalue weighted by Gasteiger charge is 2.13. The SMILES string of the molecule is CN(c1cccc(F)c1)c1nc(Cl)c(Cl)cc1Cl. The third-order valence-corrected chi connectivity index (χ3v) is 3.33. The summed E-state index contributed by atoms with van der Waals surface area (Å²) in [6, 6.07) is 7.58. The van der Waals surface area contributed by atoms with Gasteiger partial charge in [0, 0.05) is 12.7 Å². The average molecular weight is 306 g/mol. The predicted molar refractivity (Wildman–Crippen MR) is 73.7 cm³/mol. The van der Waals surface area contributed by atoms with Crippen LogP contribution < -0.4 is 4.90 Å². The number of pyridine rings is 1. The highest BCUT2D eigenvalue weighted by Crippen LogP contribution is 2.33. The smallest absolute Gasteiger partial charge is 0.153 e. The Morgan fingerprint density at radius 3 is 2.50 bits per heavy atom. The van der Waals surface area contributed by atoms with E-state index in [1.54, 1.807) is 24.1 Å². The van der Waals surface area contributed by atoms with Gasteiger partial charge in [-0.25, -0.2) is 9.37 Å². The number of anilines is 2. The Labute approximate surface area is 119 Å². The number of hydrogen-bond acceptors (Lipinski definition) is 2. The third kappa shape index (κ3) is 2.69. The van der Waals surface area contributed by atoms with Gasteiger partial charge in [0.05, 0.1) is 10.0 Å². The quantitative estimate of drug-likeness (QED) is 0.730. The molecule has 0 bridgehead atoms. The van der Waals surface area contributed by atoms with Crippen LogP contribution in [0.1, 0.15) is 0 Å². The number of benzene rings is 1. The van der Waals surface area contributed by atoms with E-state index in [-0.39, 0.29) is 16.0 Å².